The molecular weight excluding hydrogens is 264 g/mol. The zero-order valence-electron chi connectivity index (χ0n) is 9.47. The molecule has 0 saturated heterocycles. The molecule has 0 atom stereocenters. The van der Waals surface area contributed by atoms with Crippen molar-refractivity contribution in [2.45, 2.75) is 41.8 Å². The molecule has 0 saturated carbocycles. The molecule has 0 fully saturated rings. The van der Waals surface area contributed by atoms with Crippen LogP contribution in [0, 0.1) is 0 Å². The van der Waals surface area contributed by atoms with Gasteiger partial charge in [-0.3, -0.25) is 0 Å². The summed E-state index contributed by atoms with van der Waals surface area (Å²) in [5, 5.41) is 7.60. The number of nitrogens with zero attached hydrogens (tertiary/aromatic N) is 2. The number of rotatable bonds is 7. The molecule has 0 aromatic carbocycles. The number of thioether (sulfide) groups is 1. The Kier molecular flexibility index (Phi) is 5.71. The fraction of sp³-hybridized carbons (Fsp3) is 0.778. The van der Waals surface area contributed by atoms with E-state index < -0.39 is 9.84 Å². The predicted octanol–water partition coefficient (Wildman–Crippen LogP) is 2.61. The van der Waals surface area contributed by atoms with Crippen LogP contribution in [0.15, 0.2) is 8.68 Å². The molecule has 0 N–H and O–H groups in total. The van der Waals surface area contributed by atoms with Gasteiger partial charge < -0.3 is 0 Å². The maximum absolute atomic E-state index is 11.5. The van der Waals surface area contributed by atoms with Crippen LogP contribution in [0.4, 0.5) is 0 Å². The molecule has 0 aliphatic rings. The standard InChI is InChI=1S/C9H16N2O2S3/c1-3-5-6-7-14-8-10-11-9(15-8)16(12,13)4-2/h3-7H2,1-2H3. The molecule has 0 aliphatic carbocycles. The highest BCUT2D eigenvalue weighted by molar-refractivity contribution is 8.01. The highest BCUT2D eigenvalue weighted by Gasteiger charge is 2.17. The van der Waals surface area contributed by atoms with E-state index in [0.717, 1.165) is 16.5 Å². The highest BCUT2D eigenvalue weighted by Crippen LogP contribution is 2.26. The van der Waals surface area contributed by atoms with Crippen LogP contribution in [0.5, 0.6) is 0 Å². The number of unbranched alkanes of at least 4 members (excludes halogenated alkanes) is 2. The first-order valence-corrected chi connectivity index (χ1v) is 8.74. The van der Waals surface area contributed by atoms with Gasteiger partial charge in [0.05, 0.1) is 5.75 Å². The third-order valence-corrected chi connectivity index (χ3v) is 6.33. The van der Waals surface area contributed by atoms with Crippen molar-refractivity contribution in [1.82, 2.24) is 10.2 Å². The molecule has 7 heteroatoms. The van der Waals surface area contributed by atoms with E-state index in [1.165, 1.54) is 24.2 Å². The molecule has 0 unspecified atom stereocenters. The number of aromatic nitrogens is 2. The Morgan fingerprint density at radius 2 is 2.00 bits per heavy atom. The summed E-state index contributed by atoms with van der Waals surface area (Å²) < 4.78 is 23.9. The van der Waals surface area contributed by atoms with Crippen molar-refractivity contribution >= 4 is 32.9 Å². The van der Waals surface area contributed by atoms with E-state index >= 15 is 0 Å². The molecule has 0 radical (unpaired) electrons. The number of hydrogen-bond acceptors (Lipinski definition) is 6. The van der Waals surface area contributed by atoms with Gasteiger partial charge in [-0.05, 0) is 6.42 Å². The molecule has 16 heavy (non-hydrogen) atoms. The average Bonchev–Trinajstić information content (AvgIpc) is 2.74. The second kappa shape index (κ2) is 6.56. The SMILES string of the molecule is CCCCCSc1nnc(S(=O)(=O)CC)s1. The van der Waals surface area contributed by atoms with E-state index in [9.17, 15) is 8.42 Å². The maximum Gasteiger partial charge on any atom is 0.233 e. The Hall–Kier alpha value is -0.140. The van der Waals surface area contributed by atoms with Gasteiger partial charge in [-0.2, -0.15) is 0 Å². The summed E-state index contributed by atoms with van der Waals surface area (Å²) in [6, 6.07) is 0. The number of sulfone groups is 1. The van der Waals surface area contributed by atoms with E-state index in [-0.39, 0.29) is 10.1 Å². The van der Waals surface area contributed by atoms with E-state index in [2.05, 4.69) is 17.1 Å². The summed E-state index contributed by atoms with van der Waals surface area (Å²) in [6.07, 6.45) is 3.52. The van der Waals surface area contributed by atoms with Crippen molar-refractivity contribution in [3.63, 3.8) is 0 Å². The van der Waals surface area contributed by atoms with Crippen molar-refractivity contribution in [2.24, 2.45) is 0 Å². The van der Waals surface area contributed by atoms with Crippen molar-refractivity contribution in [2.75, 3.05) is 11.5 Å². The molecule has 0 bridgehead atoms. The highest BCUT2D eigenvalue weighted by atomic mass is 32.2. The monoisotopic (exact) mass is 280 g/mol. The summed E-state index contributed by atoms with van der Waals surface area (Å²) in [6.45, 7) is 3.77. The van der Waals surface area contributed by atoms with Gasteiger partial charge in [0.25, 0.3) is 0 Å². The van der Waals surface area contributed by atoms with Crippen LogP contribution in [-0.4, -0.2) is 30.1 Å². The fourth-order valence-electron chi connectivity index (χ4n) is 1.02. The van der Waals surface area contributed by atoms with E-state index in [1.54, 1.807) is 18.7 Å². The second-order valence-corrected chi connectivity index (χ2v) is 8.06. The summed E-state index contributed by atoms with van der Waals surface area (Å²) in [4.78, 5) is 0. The first-order chi connectivity index (χ1) is 7.60. The fourth-order valence-corrected chi connectivity index (χ4v) is 4.34. The van der Waals surface area contributed by atoms with Crippen molar-refractivity contribution in [1.29, 1.82) is 0 Å². The molecule has 0 spiro atoms. The lowest BCUT2D eigenvalue weighted by molar-refractivity contribution is 0.595. The van der Waals surface area contributed by atoms with Crippen LogP contribution in [0.3, 0.4) is 0 Å². The smallest absolute Gasteiger partial charge is 0.221 e. The Morgan fingerprint density at radius 1 is 1.25 bits per heavy atom. The molecule has 1 aromatic rings. The van der Waals surface area contributed by atoms with Gasteiger partial charge in [-0.1, -0.05) is 49.8 Å². The van der Waals surface area contributed by atoms with Crippen LogP contribution >= 0.6 is 23.1 Å². The van der Waals surface area contributed by atoms with Crippen LogP contribution in [0.2, 0.25) is 0 Å². The van der Waals surface area contributed by atoms with E-state index in [1.807, 2.05) is 0 Å². The lowest BCUT2D eigenvalue weighted by Gasteiger charge is -1.94. The summed E-state index contributed by atoms with van der Waals surface area (Å²) in [7, 11) is -3.18. The van der Waals surface area contributed by atoms with Gasteiger partial charge in [0.2, 0.25) is 14.2 Å². The average molecular weight is 280 g/mol. The minimum atomic E-state index is -3.18. The zero-order chi connectivity index (χ0) is 12.0. The van der Waals surface area contributed by atoms with Gasteiger partial charge in [-0.25, -0.2) is 8.42 Å². The summed E-state index contributed by atoms with van der Waals surface area (Å²) >= 11 is 2.76. The molecule has 1 aromatic heterocycles. The van der Waals surface area contributed by atoms with E-state index in [4.69, 9.17) is 0 Å². The minimum Gasteiger partial charge on any atom is -0.221 e. The molecule has 1 heterocycles. The topological polar surface area (TPSA) is 59.9 Å². The maximum atomic E-state index is 11.5. The van der Waals surface area contributed by atoms with Gasteiger partial charge in [-0.15, -0.1) is 10.2 Å². The summed E-state index contributed by atoms with van der Waals surface area (Å²) in [5.74, 6) is 1.07. The van der Waals surface area contributed by atoms with Crippen molar-refractivity contribution < 1.29 is 8.42 Å². The Balaban J connectivity index is 2.52. The van der Waals surface area contributed by atoms with Gasteiger partial charge in [0.15, 0.2) is 4.34 Å². The molecule has 0 aliphatic heterocycles. The number of hydrogen-bond donors (Lipinski definition) is 0. The van der Waals surface area contributed by atoms with Crippen molar-refractivity contribution in [3.8, 4) is 0 Å². The van der Waals surface area contributed by atoms with Gasteiger partial charge >= 0.3 is 0 Å². The lowest BCUT2D eigenvalue weighted by atomic mass is 10.3. The van der Waals surface area contributed by atoms with Crippen LogP contribution in [-0.2, 0) is 9.84 Å². The Bertz CT molecular complexity index is 414. The van der Waals surface area contributed by atoms with Gasteiger partial charge in [0, 0.05) is 5.75 Å². The normalized spacial score (nSPS) is 11.9. The summed E-state index contributed by atoms with van der Waals surface area (Å²) in [5.41, 5.74) is 0. The molecule has 4 nitrogen and oxygen atoms in total. The first kappa shape index (κ1) is 13.9. The van der Waals surface area contributed by atoms with Crippen LogP contribution < -0.4 is 0 Å². The van der Waals surface area contributed by atoms with Crippen molar-refractivity contribution in [3.05, 3.63) is 0 Å². The minimum absolute atomic E-state index is 0.0855. The Morgan fingerprint density at radius 3 is 2.62 bits per heavy atom. The van der Waals surface area contributed by atoms with Gasteiger partial charge in [0.1, 0.15) is 0 Å². The predicted molar refractivity (Wildman–Crippen MR) is 67.9 cm³/mol. The third-order valence-electron chi connectivity index (χ3n) is 2.01. The van der Waals surface area contributed by atoms with E-state index in [0.29, 0.717) is 0 Å². The van der Waals surface area contributed by atoms with Crippen LogP contribution in [0.25, 0.3) is 0 Å². The Labute approximate surface area is 105 Å². The second-order valence-electron chi connectivity index (χ2n) is 3.29. The molecule has 0 amide bonds. The molecule has 92 valence electrons. The largest absolute Gasteiger partial charge is 0.233 e. The van der Waals surface area contributed by atoms with Crippen LogP contribution in [0.1, 0.15) is 33.1 Å². The third kappa shape index (κ3) is 4.03. The lowest BCUT2D eigenvalue weighted by Crippen LogP contribution is -2.02. The quantitative estimate of drug-likeness (QED) is 0.567. The molecule has 1 rings (SSSR count). The zero-order valence-corrected chi connectivity index (χ0v) is 11.9. The first-order valence-electron chi connectivity index (χ1n) is 5.29. The molecular formula is C9H16N2O2S3.